The fraction of sp³-hybridized carbons (Fsp3) is 0.917. The quantitative estimate of drug-likeness (QED) is 0.689. The highest BCUT2D eigenvalue weighted by atomic mass is 16.5. The summed E-state index contributed by atoms with van der Waals surface area (Å²) in [4.78, 5) is 0. The SMILES string of the molecule is NC1(OC2CC[CH]CC2)CCCCC1. The summed E-state index contributed by atoms with van der Waals surface area (Å²) in [5.41, 5.74) is 5.98. The fourth-order valence-electron chi connectivity index (χ4n) is 2.61. The van der Waals surface area contributed by atoms with Crippen molar-refractivity contribution in [2.24, 2.45) is 5.73 Å². The minimum Gasteiger partial charge on any atom is -0.358 e. The van der Waals surface area contributed by atoms with E-state index < -0.39 is 0 Å². The summed E-state index contributed by atoms with van der Waals surface area (Å²) in [5.74, 6) is 0. The summed E-state index contributed by atoms with van der Waals surface area (Å²) in [7, 11) is 0. The van der Waals surface area contributed by atoms with Crippen LogP contribution in [0.25, 0.3) is 0 Å². The van der Waals surface area contributed by atoms with Crippen LogP contribution in [0, 0.1) is 6.42 Å². The van der Waals surface area contributed by atoms with Crippen LogP contribution in [-0.2, 0) is 4.74 Å². The molecule has 0 aromatic rings. The van der Waals surface area contributed by atoms with E-state index in [4.69, 9.17) is 10.5 Å². The van der Waals surface area contributed by atoms with Crippen LogP contribution in [0.2, 0.25) is 0 Å². The van der Waals surface area contributed by atoms with Crippen LogP contribution in [0.1, 0.15) is 57.8 Å². The second-order valence-electron chi connectivity index (χ2n) is 4.81. The Morgan fingerprint density at radius 2 is 1.71 bits per heavy atom. The molecule has 0 heterocycles. The molecule has 0 amide bonds. The third-order valence-electron chi connectivity index (χ3n) is 3.49. The molecule has 2 aliphatic carbocycles. The standard InChI is InChI=1S/C12H22NO/c13-12(9-5-2-6-10-12)14-11-7-3-1-4-8-11/h1,11H,2-10,13H2. The van der Waals surface area contributed by atoms with Crippen LogP contribution in [0.3, 0.4) is 0 Å². The van der Waals surface area contributed by atoms with E-state index in [0.717, 1.165) is 12.8 Å². The Morgan fingerprint density at radius 1 is 1.07 bits per heavy atom. The van der Waals surface area contributed by atoms with Gasteiger partial charge in [0.15, 0.2) is 0 Å². The average Bonchev–Trinajstić information content (AvgIpc) is 2.19. The zero-order chi connectivity index (χ0) is 9.86. The summed E-state index contributed by atoms with van der Waals surface area (Å²) in [6.07, 6.45) is 13.5. The minimum atomic E-state index is -0.278. The molecule has 0 aromatic carbocycles. The van der Waals surface area contributed by atoms with Crippen molar-refractivity contribution >= 4 is 0 Å². The lowest BCUT2D eigenvalue weighted by Crippen LogP contribution is -2.47. The first kappa shape index (κ1) is 10.4. The van der Waals surface area contributed by atoms with Crippen molar-refractivity contribution in [1.29, 1.82) is 0 Å². The third-order valence-corrected chi connectivity index (χ3v) is 3.49. The van der Waals surface area contributed by atoms with E-state index in [1.54, 1.807) is 0 Å². The fourth-order valence-corrected chi connectivity index (χ4v) is 2.61. The molecule has 14 heavy (non-hydrogen) atoms. The Balaban J connectivity index is 1.81. The molecule has 2 saturated carbocycles. The number of nitrogens with two attached hydrogens (primary N) is 1. The highest BCUT2D eigenvalue weighted by Gasteiger charge is 2.31. The molecule has 2 aliphatic rings. The van der Waals surface area contributed by atoms with E-state index in [1.165, 1.54) is 44.9 Å². The van der Waals surface area contributed by atoms with E-state index in [-0.39, 0.29) is 5.72 Å². The van der Waals surface area contributed by atoms with Crippen molar-refractivity contribution in [2.75, 3.05) is 0 Å². The van der Waals surface area contributed by atoms with E-state index >= 15 is 0 Å². The summed E-state index contributed by atoms with van der Waals surface area (Å²) in [6.45, 7) is 0. The first-order chi connectivity index (χ1) is 6.79. The van der Waals surface area contributed by atoms with Gasteiger partial charge < -0.3 is 10.5 Å². The van der Waals surface area contributed by atoms with Crippen LogP contribution in [0.5, 0.6) is 0 Å². The average molecular weight is 196 g/mol. The van der Waals surface area contributed by atoms with Gasteiger partial charge in [-0.1, -0.05) is 6.42 Å². The van der Waals surface area contributed by atoms with Crippen molar-refractivity contribution in [3.8, 4) is 0 Å². The van der Waals surface area contributed by atoms with Gasteiger partial charge in [0.05, 0.1) is 6.10 Å². The largest absolute Gasteiger partial charge is 0.358 e. The zero-order valence-corrected chi connectivity index (χ0v) is 9.00. The lowest BCUT2D eigenvalue weighted by molar-refractivity contribution is -0.117. The highest BCUT2D eigenvalue weighted by Crippen LogP contribution is 2.31. The topological polar surface area (TPSA) is 35.2 Å². The third kappa shape index (κ3) is 2.71. The van der Waals surface area contributed by atoms with Gasteiger partial charge in [-0.25, -0.2) is 0 Å². The van der Waals surface area contributed by atoms with Crippen molar-refractivity contribution in [3.63, 3.8) is 0 Å². The van der Waals surface area contributed by atoms with E-state index in [2.05, 4.69) is 6.42 Å². The second-order valence-corrected chi connectivity index (χ2v) is 4.81. The van der Waals surface area contributed by atoms with Gasteiger partial charge in [0.2, 0.25) is 0 Å². The van der Waals surface area contributed by atoms with Crippen LogP contribution in [0.15, 0.2) is 0 Å². The molecule has 81 valence electrons. The number of hydrogen-bond acceptors (Lipinski definition) is 2. The number of rotatable bonds is 2. The molecule has 0 bridgehead atoms. The number of ether oxygens (including phenoxy) is 1. The first-order valence-electron chi connectivity index (χ1n) is 6.07. The number of hydrogen-bond donors (Lipinski definition) is 1. The maximum Gasteiger partial charge on any atom is 0.117 e. The maximum atomic E-state index is 6.26. The molecule has 2 rings (SSSR count). The predicted octanol–water partition coefficient (Wildman–Crippen LogP) is 2.77. The smallest absolute Gasteiger partial charge is 0.117 e. The Kier molecular flexibility index (Phi) is 3.45. The molecular formula is C12H22NO. The molecule has 0 aliphatic heterocycles. The lowest BCUT2D eigenvalue weighted by atomic mass is 9.91. The van der Waals surface area contributed by atoms with Crippen LogP contribution in [0.4, 0.5) is 0 Å². The van der Waals surface area contributed by atoms with E-state index in [0.29, 0.717) is 6.10 Å². The monoisotopic (exact) mass is 196 g/mol. The molecule has 0 saturated heterocycles. The van der Waals surface area contributed by atoms with Crippen molar-refractivity contribution in [2.45, 2.75) is 69.6 Å². The summed E-state index contributed by atoms with van der Waals surface area (Å²) in [5, 5.41) is 0. The molecular weight excluding hydrogens is 174 g/mol. The Bertz CT molecular complexity index is 169. The van der Waals surface area contributed by atoms with Gasteiger partial charge in [0.1, 0.15) is 5.72 Å². The van der Waals surface area contributed by atoms with Gasteiger partial charge >= 0.3 is 0 Å². The van der Waals surface area contributed by atoms with Gasteiger partial charge in [-0.05, 0) is 57.8 Å². The Morgan fingerprint density at radius 3 is 2.36 bits per heavy atom. The van der Waals surface area contributed by atoms with Gasteiger partial charge in [-0.2, -0.15) is 0 Å². The maximum absolute atomic E-state index is 6.26. The molecule has 2 fully saturated rings. The van der Waals surface area contributed by atoms with Crippen molar-refractivity contribution in [3.05, 3.63) is 6.42 Å². The minimum absolute atomic E-state index is 0.278. The van der Waals surface area contributed by atoms with Crippen LogP contribution < -0.4 is 5.73 Å². The normalized spacial score (nSPS) is 28.9. The van der Waals surface area contributed by atoms with Gasteiger partial charge in [0, 0.05) is 0 Å². The molecule has 1 radical (unpaired) electrons. The Hall–Kier alpha value is -0.0800. The molecule has 0 atom stereocenters. The highest BCUT2D eigenvalue weighted by molar-refractivity contribution is 4.83. The molecule has 2 nitrogen and oxygen atoms in total. The molecule has 0 aromatic heterocycles. The van der Waals surface area contributed by atoms with Crippen molar-refractivity contribution in [1.82, 2.24) is 0 Å². The Labute approximate surface area is 87.2 Å². The summed E-state index contributed by atoms with van der Waals surface area (Å²) < 4.78 is 6.08. The molecule has 2 N–H and O–H groups in total. The van der Waals surface area contributed by atoms with E-state index in [9.17, 15) is 0 Å². The van der Waals surface area contributed by atoms with Gasteiger partial charge in [-0.3, -0.25) is 0 Å². The summed E-state index contributed by atoms with van der Waals surface area (Å²) >= 11 is 0. The van der Waals surface area contributed by atoms with E-state index in [1.807, 2.05) is 0 Å². The van der Waals surface area contributed by atoms with Crippen LogP contribution >= 0.6 is 0 Å². The van der Waals surface area contributed by atoms with Gasteiger partial charge in [-0.15, -0.1) is 0 Å². The first-order valence-corrected chi connectivity index (χ1v) is 6.07. The van der Waals surface area contributed by atoms with Crippen molar-refractivity contribution < 1.29 is 4.74 Å². The molecule has 2 heteroatoms. The second kappa shape index (κ2) is 4.63. The molecule has 0 spiro atoms. The van der Waals surface area contributed by atoms with Gasteiger partial charge in [0.25, 0.3) is 0 Å². The lowest BCUT2D eigenvalue weighted by Gasteiger charge is -2.38. The van der Waals surface area contributed by atoms with Crippen LogP contribution in [-0.4, -0.2) is 11.8 Å². The molecule has 0 unspecified atom stereocenters. The summed E-state index contributed by atoms with van der Waals surface area (Å²) in [6, 6.07) is 0. The predicted molar refractivity (Wildman–Crippen MR) is 57.6 cm³/mol. The zero-order valence-electron chi connectivity index (χ0n) is 9.00.